The zero-order chi connectivity index (χ0) is 14.3. The summed E-state index contributed by atoms with van der Waals surface area (Å²) in [5.41, 5.74) is 0.370. The van der Waals surface area contributed by atoms with E-state index in [0.29, 0.717) is 17.1 Å². The second-order valence-corrected chi connectivity index (χ2v) is 3.82. The summed E-state index contributed by atoms with van der Waals surface area (Å²) in [4.78, 5) is 22.5. The smallest absolute Gasteiger partial charge is 0.251 e. The number of Topliss-reactive ketones (excluding diaryl/α,β-unsaturated/α-hetero) is 1. The molecule has 0 aliphatic carbocycles. The molecule has 6 nitrogen and oxygen atoms in total. The number of aliphatic hydroxyl groups is 1. The Balaban J connectivity index is 2.80. The molecule has 1 amide bonds. The maximum absolute atomic E-state index is 11.7. The van der Waals surface area contributed by atoms with Crippen LogP contribution in [-0.4, -0.2) is 43.7 Å². The fourth-order valence-electron chi connectivity index (χ4n) is 1.39. The van der Waals surface area contributed by atoms with Crippen molar-refractivity contribution in [2.45, 2.75) is 6.92 Å². The van der Waals surface area contributed by atoms with Crippen molar-refractivity contribution in [3.05, 3.63) is 23.8 Å². The van der Waals surface area contributed by atoms with Crippen molar-refractivity contribution in [2.75, 3.05) is 26.9 Å². The topological polar surface area (TPSA) is 84.9 Å². The summed E-state index contributed by atoms with van der Waals surface area (Å²) >= 11 is 0. The minimum atomic E-state index is -0.359. The van der Waals surface area contributed by atoms with E-state index < -0.39 is 0 Å². The van der Waals surface area contributed by atoms with Crippen LogP contribution in [0.5, 0.6) is 11.5 Å². The van der Waals surface area contributed by atoms with Gasteiger partial charge in [-0.1, -0.05) is 0 Å². The number of rotatable bonds is 7. The number of ether oxygens (including phenoxy) is 2. The number of carbonyl (C=O) groups excluding carboxylic acids is 2. The van der Waals surface area contributed by atoms with Gasteiger partial charge in [-0.15, -0.1) is 0 Å². The first-order valence-electron chi connectivity index (χ1n) is 5.77. The Morgan fingerprint density at radius 2 is 2.05 bits per heavy atom. The quantitative estimate of drug-likeness (QED) is 0.746. The summed E-state index contributed by atoms with van der Waals surface area (Å²) in [6.45, 7) is 1.42. The molecule has 1 aromatic rings. The normalized spacial score (nSPS) is 9.84. The van der Waals surface area contributed by atoms with E-state index in [9.17, 15) is 9.59 Å². The second-order valence-electron chi connectivity index (χ2n) is 3.82. The molecule has 0 aliphatic heterocycles. The Hall–Kier alpha value is -2.08. The lowest BCUT2D eigenvalue weighted by Gasteiger charge is -2.11. The van der Waals surface area contributed by atoms with Crippen molar-refractivity contribution in [1.29, 1.82) is 0 Å². The second kappa shape index (κ2) is 7.38. The zero-order valence-corrected chi connectivity index (χ0v) is 10.9. The molecule has 0 fully saturated rings. The summed E-state index contributed by atoms with van der Waals surface area (Å²) in [5, 5.41) is 11.2. The Morgan fingerprint density at radius 1 is 1.32 bits per heavy atom. The lowest BCUT2D eigenvalue weighted by atomic mass is 10.2. The summed E-state index contributed by atoms with van der Waals surface area (Å²) in [5.74, 6) is 0.356. The highest BCUT2D eigenvalue weighted by molar-refractivity contribution is 5.97. The van der Waals surface area contributed by atoms with Gasteiger partial charge < -0.3 is 19.9 Å². The van der Waals surface area contributed by atoms with Gasteiger partial charge in [0.2, 0.25) is 0 Å². The SMILES string of the molecule is COc1cc(C(=O)NCC(C)=O)ccc1OCCO. The zero-order valence-electron chi connectivity index (χ0n) is 10.9. The van der Waals surface area contributed by atoms with Crippen LogP contribution in [-0.2, 0) is 4.79 Å². The van der Waals surface area contributed by atoms with Gasteiger partial charge in [-0.2, -0.15) is 0 Å². The number of hydrogen-bond acceptors (Lipinski definition) is 5. The molecule has 0 bridgehead atoms. The van der Waals surface area contributed by atoms with Crippen LogP contribution in [0.15, 0.2) is 18.2 Å². The van der Waals surface area contributed by atoms with Crippen LogP contribution >= 0.6 is 0 Å². The highest BCUT2D eigenvalue weighted by Crippen LogP contribution is 2.27. The molecule has 0 saturated heterocycles. The molecule has 0 radical (unpaired) electrons. The molecule has 0 atom stereocenters. The van der Waals surface area contributed by atoms with E-state index in [2.05, 4.69) is 5.32 Å². The maximum Gasteiger partial charge on any atom is 0.251 e. The van der Waals surface area contributed by atoms with Gasteiger partial charge in [0.1, 0.15) is 12.4 Å². The lowest BCUT2D eigenvalue weighted by molar-refractivity contribution is -0.116. The number of benzene rings is 1. The Kier molecular flexibility index (Phi) is 5.81. The predicted molar refractivity (Wildman–Crippen MR) is 68.6 cm³/mol. The highest BCUT2D eigenvalue weighted by Gasteiger charge is 2.11. The Labute approximate surface area is 111 Å². The van der Waals surface area contributed by atoms with E-state index in [1.165, 1.54) is 20.1 Å². The van der Waals surface area contributed by atoms with E-state index >= 15 is 0 Å². The molecule has 1 rings (SSSR count). The summed E-state index contributed by atoms with van der Waals surface area (Å²) in [6.07, 6.45) is 0. The van der Waals surface area contributed by atoms with Crippen LogP contribution < -0.4 is 14.8 Å². The molecular weight excluding hydrogens is 250 g/mol. The number of methoxy groups -OCH3 is 1. The molecular formula is C13H17NO5. The average molecular weight is 267 g/mol. The molecule has 2 N–H and O–H groups in total. The van der Waals surface area contributed by atoms with Gasteiger partial charge in [-0.25, -0.2) is 0 Å². The highest BCUT2D eigenvalue weighted by atomic mass is 16.5. The monoisotopic (exact) mass is 267 g/mol. The largest absolute Gasteiger partial charge is 0.493 e. The van der Waals surface area contributed by atoms with Gasteiger partial charge in [-0.05, 0) is 25.1 Å². The number of aliphatic hydroxyl groups excluding tert-OH is 1. The predicted octanol–water partition coefficient (Wildman–Crippen LogP) is 0.385. The van der Waals surface area contributed by atoms with Crippen molar-refractivity contribution >= 4 is 11.7 Å². The number of hydrogen-bond donors (Lipinski definition) is 2. The Morgan fingerprint density at radius 3 is 2.63 bits per heavy atom. The van der Waals surface area contributed by atoms with Gasteiger partial charge in [0, 0.05) is 5.56 Å². The third-order valence-corrected chi connectivity index (χ3v) is 2.27. The molecule has 19 heavy (non-hydrogen) atoms. The first-order valence-corrected chi connectivity index (χ1v) is 5.77. The molecule has 0 aliphatic rings. The summed E-state index contributed by atoms with van der Waals surface area (Å²) in [6, 6.07) is 4.66. The van der Waals surface area contributed by atoms with Crippen LogP contribution in [0.2, 0.25) is 0 Å². The minimum Gasteiger partial charge on any atom is -0.493 e. The average Bonchev–Trinajstić information content (AvgIpc) is 2.42. The van der Waals surface area contributed by atoms with E-state index in [1.807, 2.05) is 0 Å². The van der Waals surface area contributed by atoms with Crippen LogP contribution in [0.3, 0.4) is 0 Å². The van der Waals surface area contributed by atoms with Crippen molar-refractivity contribution < 1.29 is 24.2 Å². The van der Waals surface area contributed by atoms with Crippen molar-refractivity contribution in [2.24, 2.45) is 0 Å². The number of amides is 1. The standard InChI is InChI=1S/C13H17NO5/c1-9(16)8-14-13(17)10-3-4-11(19-6-5-15)12(7-10)18-2/h3-4,7,15H,5-6,8H2,1-2H3,(H,14,17). The fraction of sp³-hybridized carbons (Fsp3) is 0.385. The molecule has 6 heteroatoms. The molecule has 1 aromatic carbocycles. The third-order valence-electron chi connectivity index (χ3n) is 2.27. The van der Waals surface area contributed by atoms with Gasteiger partial charge in [0.15, 0.2) is 11.5 Å². The third kappa shape index (κ3) is 4.59. The number of nitrogens with one attached hydrogen (secondary N) is 1. The van der Waals surface area contributed by atoms with Crippen LogP contribution in [0.1, 0.15) is 17.3 Å². The molecule has 0 unspecified atom stereocenters. The van der Waals surface area contributed by atoms with Crippen molar-refractivity contribution in [1.82, 2.24) is 5.32 Å². The molecule has 0 aromatic heterocycles. The summed E-state index contributed by atoms with van der Waals surface area (Å²) in [7, 11) is 1.46. The molecule has 0 spiro atoms. The Bertz CT molecular complexity index is 458. The van der Waals surface area contributed by atoms with E-state index in [1.54, 1.807) is 12.1 Å². The minimum absolute atomic E-state index is 0.0100. The van der Waals surface area contributed by atoms with Crippen LogP contribution in [0.25, 0.3) is 0 Å². The molecule has 0 heterocycles. The van der Waals surface area contributed by atoms with Crippen molar-refractivity contribution in [3.63, 3.8) is 0 Å². The van der Waals surface area contributed by atoms with Gasteiger partial charge in [-0.3, -0.25) is 9.59 Å². The molecule has 104 valence electrons. The first kappa shape index (κ1) is 15.0. The van der Waals surface area contributed by atoms with Gasteiger partial charge in [0.05, 0.1) is 20.3 Å². The first-order chi connectivity index (χ1) is 9.08. The fourth-order valence-corrected chi connectivity index (χ4v) is 1.39. The maximum atomic E-state index is 11.7. The van der Waals surface area contributed by atoms with E-state index in [4.69, 9.17) is 14.6 Å². The number of carbonyl (C=O) groups is 2. The van der Waals surface area contributed by atoms with Gasteiger partial charge >= 0.3 is 0 Å². The summed E-state index contributed by atoms with van der Waals surface area (Å²) < 4.78 is 10.4. The van der Waals surface area contributed by atoms with Crippen LogP contribution in [0, 0.1) is 0 Å². The lowest BCUT2D eigenvalue weighted by Crippen LogP contribution is -2.28. The number of ketones is 1. The molecule has 0 saturated carbocycles. The van der Waals surface area contributed by atoms with E-state index in [-0.39, 0.29) is 31.4 Å². The van der Waals surface area contributed by atoms with Gasteiger partial charge in [0.25, 0.3) is 5.91 Å². The van der Waals surface area contributed by atoms with Crippen molar-refractivity contribution in [3.8, 4) is 11.5 Å². The van der Waals surface area contributed by atoms with E-state index in [0.717, 1.165) is 0 Å². The van der Waals surface area contributed by atoms with Crippen LogP contribution in [0.4, 0.5) is 0 Å².